The lowest BCUT2D eigenvalue weighted by atomic mass is 9.87. The number of H-pyrrole nitrogens is 1. The van der Waals surface area contributed by atoms with Gasteiger partial charge in [0.2, 0.25) is 0 Å². The van der Waals surface area contributed by atoms with Crippen LogP contribution in [0.5, 0.6) is 0 Å². The quantitative estimate of drug-likeness (QED) is 0.605. The Balaban J connectivity index is 2.63. The van der Waals surface area contributed by atoms with Crippen LogP contribution in [0.4, 0.5) is 0 Å². The first-order chi connectivity index (χ1) is 9.32. The van der Waals surface area contributed by atoms with Gasteiger partial charge in [0.25, 0.3) is 10.0 Å². The van der Waals surface area contributed by atoms with Crippen molar-refractivity contribution in [2.45, 2.75) is 58.0 Å². The highest BCUT2D eigenvalue weighted by Crippen LogP contribution is 2.23. The molecule has 0 fully saturated rings. The van der Waals surface area contributed by atoms with Crippen molar-refractivity contribution < 1.29 is 8.42 Å². The number of nitrogens with one attached hydrogen (secondary N) is 2. The standard InChI is InChI=1S/C13H26N4O2S/c1-4-5-6-7-13(2,3)10-16-20(18,19)12-11(8-14)9-15-17-12/h9,16H,4-8,10,14H2,1-3H3,(H,15,17). The van der Waals surface area contributed by atoms with Gasteiger partial charge in [0, 0.05) is 18.7 Å². The van der Waals surface area contributed by atoms with Crippen molar-refractivity contribution in [3.63, 3.8) is 0 Å². The number of rotatable bonds is 9. The zero-order valence-electron chi connectivity index (χ0n) is 12.6. The SMILES string of the molecule is CCCCCC(C)(C)CNS(=O)(=O)c1[nH]ncc1CN. The van der Waals surface area contributed by atoms with Crippen LogP contribution in [0, 0.1) is 5.41 Å². The molecule has 1 aromatic heterocycles. The van der Waals surface area contributed by atoms with E-state index >= 15 is 0 Å². The monoisotopic (exact) mass is 302 g/mol. The highest BCUT2D eigenvalue weighted by Gasteiger charge is 2.24. The minimum Gasteiger partial charge on any atom is -0.326 e. The first-order valence-electron chi connectivity index (χ1n) is 7.04. The van der Waals surface area contributed by atoms with Crippen molar-refractivity contribution in [2.24, 2.45) is 11.1 Å². The van der Waals surface area contributed by atoms with Gasteiger partial charge >= 0.3 is 0 Å². The molecule has 116 valence electrons. The Bertz CT molecular complexity index is 508. The lowest BCUT2D eigenvalue weighted by Crippen LogP contribution is -2.34. The maximum Gasteiger partial charge on any atom is 0.257 e. The van der Waals surface area contributed by atoms with E-state index in [2.05, 4.69) is 35.7 Å². The molecular weight excluding hydrogens is 276 g/mol. The Hall–Kier alpha value is -0.920. The second-order valence-electron chi connectivity index (χ2n) is 5.87. The van der Waals surface area contributed by atoms with Crippen molar-refractivity contribution in [3.05, 3.63) is 11.8 Å². The fourth-order valence-electron chi connectivity index (χ4n) is 1.98. The topological polar surface area (TPSA) is 101 Å². The number of unbranched alkanes of at least 4 members (excludes halogenated alkanes) is 2. The van der Waals surface area contributed by atoms with Gasteiger partial charge in [-0.05, 0) is 11.8 Å². The van der Waals surface area contributed by atoms with E-state index in [0.717, 1.165) is 19.3 Å². The first-order valence-corrected chi connectivity index (χ1v) is 8.52. The number of hydrogen-bond acceptors (Lipinski definition) is 4. The van der Waals surface area contributed by atoms with Crippen LogP contribution < -0.4 is 10.5 Å². The molecule has 6 nitrogen and oxygen atoms in total. The molecule has 0 aromatic carbocycles. The van der Waals surface area contributed by atoms with Crippen molar-refractivity contribution in [1.29, 1.82) is 0 Å². The van der Waals surface area contributed by atoms with E-state index in [9.17, 15) is 8.42 Å². The molecule has 4 N–H and O–H groups in total. The van der Waals surface area contributed by atoms with Gasteiger partial charge in [-0.1, -0.05) is 40.0 Å². The molecule has 1 aromatic rings. The molecule has 1 rings (SSSR count). The molecule has 0 bridgehead atoms. The van der Waals surface area contributed by atoms with Crippen molar-refractivity contribution in [3.8, 4) is 0 Å². The van der Waals surface area contributed by atoms with Gasteiger partial charge in [0.05, 0.1) is 6.20 Å². The highest BCUT2D eigenvalue weighted by atomic mass is 32.2. The largest absolute Gasteiger partial charge is 0.326 e. The summed E-state index contributed by atoms with van der Waals surface area (Å²) in [5.41, 5.74) is 5.94. The number of aromatic amines is 1. The van der Waals surface area contributed by atoms with Gasteiger partial charge in [0.15, 0.2) is 5.03 Å². The summed E-state index contributed by atoms with van der Waals surface area (Å²) in [6, 6.07) is 0. The number of aromatic nitrogens is 2. The fourth-order valence-corrected chi connectivity index (χ4v) is 3.36. The normalized spacial score (nSPS) is 12.8. The summed E-state index contributed by atoms with van der Waals surface area (Å²) in [5, 5.41) is 6.32. The van der Waals surface area contributed by atoms with Crippen molar-refractivity contribution in [1.82, 2.24) is 14.9 Å². The minimum absolute atomic E-state index is 0.0643. The van der Waals surface area contributed by atoms with Crippen molar-refractivity contribution in [2.75, 3.05) is 6.54 Å². The summed E-state index contributed by atoms with van der Waals surface area (Å²) in [7, 11) is -3.57. The van der Waals surface area contributed by atoms with E-state index in [-0.39, 0.29) is 17.0 Å². The van der Waals surface area contributed by atoms with Crippen molar-refractivity contribution >= 4 is 10.0 Å². The highest BCUT2D eigenvalue weighted by molar-refractivity contribution is 7.89. The van der Waals surface area contributed by atoms with Crippen LogP contribution in [0.25, 0.3) is 0 Å². The molecule has 0 aliphatic heterocycles. The Morgan fingerprint density at radius 1 is 1.40 bits per heavy atom. The summed E-state index contributed by atoms with van der Waals surface area (Å²) < 4.78 is 27.1. The minimum atomic E-state index is -3.57. The van der Waals surface area contributed by atoms with Crippen LogP contribution in [0.2, 0.25) is 0 Å². The second kappa shape index (κ2) is 7.19. The molecular formula is C13H26N4O2S. The van der Waals surface area contributed by atoms with Crippen LogP contribution >= 0.6 is 0 Å². The molecule has 0 saturated heterocycles. The van der Waals surface area contributed by atoms with E-state index in [0.29, 0.717) is 12.1 Å². The summed E-state index contributed by atoms with van der Waals surface area (Å²) in [5.74, 6) is 0. The van der Waals surface area contributed by atoms with E-state index in [1.54, 1.807) is 0 Å². The summed E-state index contributed by atoms with van der Waals surface area (Å²) in [4.78, 5) is 0. The van der Waals surface area contributed by atoms with Gasteiger partial charge in [-0.2, -0.15) is 5.10 Å². The smallest absolute Gasteiger partial charge is 0.257 e. The Morgan fingerprint density at radius 3 is 2.70 bits per heavy atom. The molecule has 1 heterocycles. The Labute approximate surface area is 121 Å². The van der Waals surface area contributed by atoms with E-state index in [1.165, 1.54) is 12.6 Å². The number of nitrogens with two attached hydrogens (primary N) is 1. The lowest BCUT2D eigenvalue weighted by Gasteiger charge is -2.24. The first kappa shape index (κ1) is 17.1. The number of sulfonamides is 1. The molecule has 20 heavy (non-hydrogen) atoms. The maximum atomic E-state index is 12.2. The molecule has 0 saturated carbocycles. The van der Waals surface area contributed by atoms with Crippen LogP contribution in [0.1, 0.15) is 52.0 Å². The van der Waals surface area contributed by atoms with Crippen LogP contribution in [0.15, 0.2) is 11.2 Å². The van der Waals surface area contributed by atoms with Gasteiger partial charge in [0.1, 0.15) is 0 Å². The molecule has 0 radical (unpaired) electrons. The van der Waals surface area contributed by atoms with Crippen LogP contribution in [-0.2, 0) is 16.6 Å². The molecule has 0 aliphatic rings. The van der Waals surface area contributed by atoms with E-state index < -0.39 is 10.0 Å². The van der Waals surface area contributed by atoms with E-state index in [4.69, 9.17) is 5.73 Å². The third-order valence-electron chi connectivity index (χ3n) is 3.36. The average molecular weight is 302 g/mol. The van der Waals surface area contributed by atoms with Gasteiger partial charge in [-0.15, -0.1) is 0 Å². The average Bonchev–Trinajstić information content (AvgIpc) is 2.86. The van der Waals surface area contributed by atoms with Crippen LogP contribution in [0.3, 0.4) is 0 Å². The zero-order valence-corrected chi connectivity index (χ0v) is 13.4. The molecule has 0 unspecified atom stereocenters. The van der Waals surface area contributed by atoms with E-state index in [1.807, 2.05) is 0 Å². The molecule has 0 spiro atoms. The van der Waals surface area contributed by atoms with Crippen LogP contribution in [-0.4, -0.2) is 25.2 Å². The third kappa shape index (κ3) is 4.88. The number of hydrogen-bond donors (Lipinski definition) is 3. The zero-order chi connectivity index (χ0) is 15.2. The molecule has 0 aliphatic carbocycles. The predicted octanol–water partition coefficient (Wildman–Crippen LogP) is 1.75. The summed E-state index contributed by atoms with van der Waals surface area (Å²) in [6.07, 6.45) is 5.89. The lowest BCUT2D eigenvalue weighted by molar-refractivity contribution is 0.320. The molecule has 0 amide bonds. The van der Waals surface area contributed by atoms with Gasteiger partial charge in [-0.25, -0.2) is 13.1 Å². The number of nitrogens with zero attached hydrogens (tertiary/aromatic N) is 1. The maximum absolute atomic E-state index is 12.2. The van der Waals surface area contributed by atoms with Gasteiger partial charge < -0.3 is 5.73 Å². The fraction of sp³-hybridized carbons (Fsp3) is 0.769. The van der Waals surface area contributed by atoms with Gasteiger partial charge in [-0.3, -0.25) is 5.10 Å². The molecule has 7 heteroatoms. The third-order valence-corrected chi connectivity index (χ3v) is 4.78. The summed E-state index contributed by atoms with van der Waals surface area (Å²) in [6.45, 7) is 6.85. The summed E-state index contributed by atoms with van der Waals surface area (Å²) >= 11 is 0. The Morgan fingerprint density at radius 2 is 2.10 bits per heavy atom. The second-order valence-corrected chi connectivity index (χ2v) is 7.58. The Kier molecular flexibility index (Phi) is 6.16. The molecule has 0 atom stereocenters. The predicted molar refractivity (Wildman–Crippen MR) is 79.6 cm³/mol.